The molecule has 3 heterocycles. The molecule has 2 N–H and O–H groups in total. The Morgan fingerprint density at radius 2 is 1.90 bits per heavy atom. The predicted octanol–water partition coefficient (Wildman–Crippen LogP) is 3.21. The highest BCUT2D eigenvalue weighted by molar-refractivity contribution is 5.80. The van der Waals surface area contributed by atoms with Crippen LogP contribution in [0.15, 0.2) is 54.7 Å². The fourth-order valence-corrected chi connectivity index (χ4v) is 5.04. The van der Waals surface area contributed by atoms with Crippen molar-refractivity contribution in [3.63, 3.8) is 0 Å². The van der Waals surface area contributed by atoms with Crippen LogP contribution in [-0.4, -0.2) is 95.5 Å². The van der Waals surface area contributed by atoms with E-state index in [0.717, 1.165) is 31.9 Å². The summed E-state index contributed by atoms with van der Waals surface area (Å²) in [5, 5.41) is 22.6. The first kappa shape index (κ1) is 28.3. The van der Waals surface area contributed by atoms with Gasteiger partial charge in [0.15, 0.2) is 12.0 Å². The highest BCUT2D eigenvalue weighted by Crippen LogP contribution is 2.29. The van der Waals surface area contributed by atoms with E-state index in [9.17, 15) is 19.6 Å². The van der Waals surface area contributed by atoms with Crippen LogP contribution < -0.4 is 15.0 Å². The van der Waals surface area contributed by atoms with Crippen LogP contribution in [0.4, 0.5) is 21.6 Å². The SMILES string of the molecule is C[C@H](O)C(=O)N1CC[C@H](Oc2ccc(-c3nccc(Nc4ccc(N5CCN(C)CC5)cc4)n3)cc2C#N)[C@H](F)C1. The highest BCUT2D eigenvalue weighted by atomic mass is 19.1. The quantitative estimate of drug-likeness (QED) is 0.450. The minimum Gasteiger partial charge on any atom is -0.486 e. The zero-order valence-electron chi connectivity index (χ0n) is 23.2. The predicted molar refractivity (Wildman–Crippen MR) is 154 cm³/mol. The Morgan fingerprint density at radius 1 is 1.15 bits per heavy atom. The molecule has 2 aliphatic rings. The molecule has 3 atom stereocenters. The number of aromatic nitrogens is 2. The maximum atomic E-state index is 14.8. The fourth-order valence-electron chi connectivity index (χ4n) is 5.04. The van der Waals surface area contributed by atoms with Crippen molar-refractivity contribution in [1.29, 1.82) is 5.26 Å². The summed E-state index contributed by atoms with van der Waals surface area (Å²) in [5.41, 5.74) is 2.95. The number of aliphatic hydroxyl groups excluding tert-OH is 1. The lowest BCUT2D eigenvalue weighted by Gasteiger charge is -2.35. The van der Waals surface area contributed by atoms with Gasteiger partial charge in [-0.3, -0.25) is 4.79 Å². The first-order valence-corrected chi connectivity index (χ1v) is 13.8. The molecule has 1 amide bonds. The van der Waals surface area contributed by atoms with Crippen LogP contribution in [0.2, 0.25) is 0 Å². The van der Waals surface area contributed by atoms with Crippen LogP contribution in [0.3, 0.4) is 0 Å². The normalized spacial score (nSPS) is 20.3. The van der Waals surface area contributed by atoms with Crippen LogP contribution in [0.5, 0.6) is 5.75 Å². The van der Waals surface area contributed by atoms with Crippen molar-refractivity contribution < 1.29 is 19.0 Å². The van der Waals surface area contributed by atoms with Gasteiger partial charge in [0.25, 0.3) is 5.91 Å². The first-order valence-electron chi connectivity index (χ1n) is 13.8. The van der Waals surface area contributed by atoms with Gasteiger partial charge >= 0.3 is 0 Å². The lowest BCUT2D eigenvalue weighted by atomic mass is 10.0. The summed E-state index contributed by atoms with van der Waals surface area (Å²) in [6, 6.07) is 17.1. The summed E-state index contributed by atoms with van der Waals surface area (Å²) >= 11 is 0. The van der Waals surface area contributed by atoms with Gasteiger partial charge in [-0.2, -0.15) is 5.26 Å². The number of likely N-dealkylation sites (N-methyl/N-ethyl adjacent to an activating group) is 1. The van der Waals surface area contributed by atoms with E-state index < -0.39 is 24.3 Å². The van der Waals surface area contributed by atoms with E-state index in [-0.39, 0.29) is 30.8 Å². The van der Waals surface area contributed by atoms with Crippen molar-refractivity contribution in [2.45, 2.75) is 31.7 Å². The maximum Gasteiger partial charge on any atom is 0.251 e. The van der Waals surface area contributed by atoms with Gasteiger partial charge in [-0.25, -0.2) is 14.4 Å². The third-order valence-corrected chi connectivity index (χ3v) is 7.45. The molecular formula is C30H34FN7O3. The summed E-state index contributed by atoms with van der Waals surface area (Å²) in [4.78, 5) is 27.0. The standard InChI is InChI=1S/C30H34FN7O3/c1-20(39)30(40)38-12-10-27(25(31)19-38)41-26-8-3-21(17-22(26)18-32)29-33-11-9-28(35-29)34-23-4-6-24(7-5-23)37-15-13-36(2)14-16-37/h3-9,11,17,20,25,27,39H,10,12-16,19H2,1-2H3,(H,33,34,35)/t20-,25+,27-/m0/s1. The topological polar surface area (TPSA) is 118 Å². The van der Waals surface area contributed by atoms with Crippen molar-refractivity contribution in [2.75, 3.05) is 56.5 Å². The monoisotopic (exact) mass is 559 g/mol. The second-order valence-corrected chi connectivity index (χ2v) is 10.5. The molecule has 2 fully saturated rings. The van der Waals surface area contributed by atoms with Crippen LogP contribution in [0.1, 0.15) is 18.9 Å². The average molecular weight is 560 g/mol. The number of amides is 1. The molecule has 41 heavy (non-hydrogen) atoms. The van der Waals surface area contributed by atoms with Crippen LogP contribution in [0.25, 0.3) is 11.4 Å². The number of rotatable bonds is 7. The number of nitrogens with one attached hydrogen (secondary N) is 1. The number of piperazine rings is 1. The molecule has 11 heteroatoms. The molecule has 0 radical (unpaired) electrons. The molecule has 0 saturated carbocycles. The number of piperidine rings is 1. The van der Waals surface area contributed by atoms with Gasteiger partial charge in [0.2, 0.25) is 0 Å². The van der Waals surface area contributed by atoms with Crippen molar-refractivity contribution in [1.82, 2.24) is 19.8 Å². The number of aliphatic hydroxyl groups is 1. The molecule has 0 spiro atoms. The summed E-state index contributed by atoms with van der Waals surface area (Å²) in [7, 11) is 2.14. The summed E-state index contributed by atoms with van der Waals surface area (Å²) in [6.07, 6.45) is -1.53. The number of hydrogen-bond acceptors (Lipinski definition) is 9. The highest BCUT2D eigenvalue weighted by Gasteiger charge is 2.34. The minimum absolute atomic E-state index is 0.166. The zero-order chi connectivity index (χ0) is 28.9. The Labute approximate surface area is 239 Å². The maximum absolute atomic E-state index is 14.8. The smallest absolute Gasteiger partial charge is 0.251 e. The summed E-state index contributed by atoms with van der Waals surface area (Å²) in [6.45, 7) is 5.57. The molecule has 1 aromatic heterocycles. The number of likely N-dealkylation sites (tertiary alicyclic amines) is 1. The molecule has 2 saturated heterocycles. The number of benzene rings is 2. The number of alkyl halides is 1. The van der Waals surface area contributed by atoms with Crippen LogP contribution in [0, 0.1) is 11.3 Å². The molecule has 214 valence electrons. The molecule has 3 aromatic rings. The molecule has 2 aliphatic heterocycles. The molecule has 0 unspecified atom stereocenters. The van der Waals surface area contributed by atoms with Gasteiger partial charge in [-0.05, 0) is 62.5 Å². The number of anilines is 3. The Balaban J connectivity index is 1.24. The van der Waals surface area contributed by atoms with Gasteiger partial charge in [-0.1, -0.05) is 0 Å². The van der Waals surface area contributed by atoms with E-state index >= 15 is 0 Å². The van der Waals surface area contributed by atoms with E-state index in [4.69, 9.17) is 4.74 Å². The second kappa shape index (κ2) is 12.5. The Bertz CT molecular complexity index is 1400. The molecule has 10 nitrogen and oxygen atoms in total. The van der Waals surface area contributed by atoms with Crippen molar-refractivity contribution in [3.8, 4) is 23.2 Å². The zero-order valence-corrected chi connectivity index (χ0v) is 23.2. The fraction of sp³-hybridized carbons (Fsp3) is 0.400. The van der Waals surface area contributed by atoms with Crippen LogP contribution in [-0.2, 0) is 4.79 Å². The molecule has 0 bridgehead atoms. The Morgan fingerprint density at radius 3 is 2.59 bits per heavy atom. The third kappa shape index (κ3) is 6.73. The molecular weight excluding hydrogens is 525 g/mol. The third-order valence-electron chi connectivity index (χ3n) is 7.45. The first-order chi connectivity index (χ1) is 19.8. The Kier molecular flexibility index (Phi) is 8.61. The number of carbonyl (C=O) groups excluding carboxylic acids is 1. The average Bonchev–Trinajstić information content (AvgIpc) is 2.99. The van der Waals surface area contributed by atoms with E-state index in [1.807, 2.05) is 12.1 Å². The summed E-state index contributed by atoms with van der Waals surface area (Å²) < 4.78 is 20.7. The van der Waals surface area contributed by atoms with E-state index in [1.54, 1.807) is 30.5 Å². The van der Waals surface area contributed by atoms with Crippen molar-refractivity contribution in [2.24, 2.45) is 0 Å². The number of nitrogens with zero attached hydrogens (tertiary/aromatic N) is 6. The van der Waals surface area contributed by atoms with Crippen molar-refractivity contribution >= 4 is 23.1 Å². The van der Waals surface area contributed by atoms with E-state index in [0.29, 0.717) is 17.2 Å². The lowest BCUT2D eigenvalue weighted by molar-refractivity contribution is -0.143. The lowest BCUT2D eigenvalue weighted by Crippen LogP contribution is -2.51. The number of carbonyl (C=O) groups is 1. The second-order valence-electron chi connectivity index (χ2n) is 10.5. The van der Waals surface area contributed by atoms with E-state index in [2.05, 4.69) is 50.3 Å². The van der Waals surface area contributed by atoms with Gasteiger partial charge in [0, 0.05) is 62.3 Å². The van der Waals surface area contributed by atoms with E-state index in [1.165, 1.54) is 17.5 Å². The van der Waals surface area contributed by atoms with Gasteiger partial charge in [0.1, 0.15) is 29.8 Å². The molecule has 2 aromatic carbocycles. The van der Waals surface area contributed by atoms with Gasteiger partial charge < -0.3 is 29.9 Å². The van der Waals surface area contributed by atoms with Gasteiger partial charge in [0.05, 0.1) is 12.1 Å². The summed E-state index contributed by atoms with van der Waals surface area (Å²) in [5.74, 6) is 0.793. The van der Waals surface area contributed by atoms with Crippen LogP contribution >= 0.6 is 0 Å². The number of halogens is 1. The van der Waals surface area contributed by atoms with Crippen molar-refractivity contribution in [3.05, 3.63) is 60.3 Å². The molecule has 5 rings (SSSR count). The Hall–Kier alpha value is -4.27. The largest absolute Gasteiger partial charge is 0.486 e. The number of hydrogen-bond donors (Lipinski definition) is 2. The number of nitriles is 1. The minimum atomic E-state index is -1.45. The van der Waals surface area contributed by atoms with Gasteiger partial charge in [-0.15, -0.1) is 0 Å². The molecule has 0 aliphatic carbocycles. The number of ether oxygens (including phenoxy) is 1.